The second kappa shape index (κ2) is 5.63. The lowest BCUT2D eigenvalue weighted by atomic mass is 10.1. The van der Waals surface area contributed by atoms with Crippen LogP contribution in [0.2, 0.25) is 5.02 Å². The highest BCUT2D eigenvalue weighted by molar-refractivity contribution is 6.30. The lowest BCUT2D eigenvalue weighted by Crippen LogP contribution is -2.27. The normalized spacial score (nSPS) is 20.6. The molecule has 20 heavy (non-hydrogen) atoms. The van der Waals surface area contributed by atoms with Gasteiger partial charge >= 0.3 is 0 Å². The molecule has 2 aromatic rings. The molecular formula is C14H15ClN4O. The summed E-state index contributed by atoms with van der Waals surface area (Å²) in [6, 6.07) is 7.73. The predicted octanol–water partition coefficient (Wildman–Crippen LogP) is 1.92. The van der Waals surface area contributed by atoms with Crippen molar-refractivity contribution < 1.29 is 4.79 Å². The maximum atomic E-state index is 12.0. The minimum Gasteiger partial charge on any atom is -0.355 e. The molecule has 1 aliphatic rings. The summed E-state index contributed by atoms with van der Waals surface area (Å²) in [6.45, 7) is 0.581. The number of hydrogen-bond donors (Lipinski definition) is 2. The number of aromatic nitrogens is 3. The van der Waals surface area contributed by atoms with Crippen molar-refractivity contribution in [3.63, 3.8) is 0 Å². The first-order valence-electron chi connectivity index (χ1n) is 6.61. The van der Waals surface area contributed by atoms with Crippen LogP contribution in [-0.2, 0) is 11.2 Å². The van der Waals surface area contributed by atoms with Crippen molar-refractivity contribution in [2.75, 3.05) is 6.54 Å². The summed E-state index contributed by atoms with van der Waals surface area (Å²) in [5.41, 5.74) is 1.18. The summed E-state index contributed by atoms with van der Waals surface area (Å²) < 4.78 is 0. The smallest absolute Gasteiger partial charge is 0.223 e. The van der Waals surface area contributed by atoms with Gasteiger partial charge in [-0.25, -0.2) is 4.98 Å². The fraction of sp³-hybridized carbons (Fsp3) is 0.357. The summed E-state index contributed by atoms with van der Waals surface area (Å²) in [7, 11) is 0. The Bertz CT molecular complexity index is 582. The Balaban J connectivity index is 1.46. The van der Waals surface area contributed by atoms with Gasteiger partial charge in [0.25, 0.3) is 0 Å². The third-order valence-corrected chi connectivity index (χ3v) is 3.80. The van der Waals surface area contributed by atoms with Crippen LogP contribution >= 0.6 is 11.6 Å². The van der Waals surface area contributed by atoms with E-state index in [-0.39, 0.29) is 11.8 Å². The number of nitrogens with one attached hydrogen (secondary N) is 2. The summed E-state index contributed by atoms with van der Waals surface area (Å²) in [5, 5.41) is 10.2. The number of aromatic amines is 1. The molecule has 1 amide bonds. The van der Waals surface area contributed by atoms with Crippen LogP contribution < -0.4 is 5.32 Å². The molecular weight excluding hydrogens is 276 g/mol. The second-order valence-electron chi connectivity index (χ2n) is 4.97. The minimum absolute atomic E-state index is 0.0888. The van der Waals surface area contributed by atoms with E-state index in [0.717, 1.165) is 17.3 Å². The maximum absolute atomic E-state index is 12.0. The van der Waals surface area contributed by atoms with Gasteiger partial charge in [-0.3, -0.25) is 9.89 Å². The van der Waals surface area contributed by atoms with Gasteiger partial charge in [-0.1, -0.05) is 23.7 Å². The van der Waals surface area contributed by atoms with Gasteiger partial charge in [0.05, 0.1) is 0 Å². The van der Waals surface area contributed by atoms with Crippen molar-refractivity contribution in [1.29, 1.82) is 0 Å². The van der Waals surface area contributed by atoms with E-state index >= 15 is 0 Å². The third kappa shape index (κ3) is 2.99. The third-order valence-electron chi connectivity index (χ3n) is 3.55. The molecule has 0 bridgehead atoms. The second-order valence-corrected chi connectivity index (χ2v) is 5.41. The van der Waals surface area contributed by atoms with Gasteiger partial charge in [0, 0.05) is 23.9 Å². The highest BCUT2D eigenvalue weighted by Gasteiger charge is 2.43. The van der Waals surface area contributed by atoms with Crippen molar-refractivity contribution in [3.05, 3.63) is 47.0 Å². The molecule has 1 fully saturated rings. The van der Waals surface area contributed by atoms with Gasteiger partial charge in [-0.05, 0) is 30.0 Å². The number of benzene rings is 1. The molecule has 3 rings (SSSR count). The highest BCUT2D eigenvalue weighted by Crippen LogP contribution is 2.47. The fourth-order valence-corrected chi connectivity index (χ4v) is 2.48. The SMILES string of the molecule is O=C(NCCc1ncn[nH]1)[C@@H]1C[C@H]1c1ccc(Cl)cc1. The number of H-pyrrole nitrogens is 1. The maximum Gasteiger partial charge on any atom is 0.223 e. The molecule has 6 heteroatoms. The average molecular weight is 291 g/mol. The number of nitrogens with zero attached hydrogens (tertiary/aromatic N) is 2. The molecule has 1 aliphatic carbocycles. The topological polar surface area (TPSA) is 70.7 Å². The molecule has 1 aromatic heterocycles. The van der Waals surface area contributed by atoms with Crippen LogP contribution in [0.15, 0.2) is 30.6 Å². The number of halogens is 1. The van der Waals surface area contributed by atoms with Crippen molar-refractivity contribution in [3.8, 4) is 0 Å². The van der Waals surface area contributed by atoms with E-state index < -0.39 is 0 Å². The van der Waals surface area contributed by atoms with Crippen LogP contribution in [-0.4, -0.2) is 27.6 Å². The Labute approximate surface area is 121 Å². The summed E-state index contributed by atoms with van der Waals surface area (Å²) in [4.78, 5) is 16.0. The molecule has 1 heterocycles. The molecule has 1 saturated carbocycles. The van der Waals surface area contributed by atoms with Crippen LogP contribution in [0.3, 0.4) is 0 Å². The first-order chi connectivity index (χ1) is 9.74. The number of carbonyl (C=O) groups excluding carboxylic acids is 1. The molecule has 5 nitrogen and oxygen atoms in total. The molecule has 0 saturated heterocycles. The molecule has 0 radical (unpaired) electrons. The predicted molar refractivity (Wildman–Crippen MR) is 75.4 cm³/mol. The van der Waals surface area contributed by atoms with E-state index in [1.807, 2.05) is 24.3 Å². The van der Waals surface area contributed by atoms with Gasteiger partial charge < -0.3 is 5.32 Å². The van der Waals surface area contributed by atoms with E-state index in [0.29, 0.717) is 18.9 Å². The summed E-state index contributed by atoms with van der Waals surface area (Å²) >= 11 is 5.86. The number of hydrogen-bond acceptors (Lipinski definition) is 3. The van der Waals surface area contributed by atoms with Crippen LogP contribution in [0.1, 0.15) is 23.7 Å². The van der Waals surface area contributed by atoms with E-state index in [1.54, 1.807) is 0 Å². The van der Waals surface area contributed by atoms with Crippen LogP contribution in [0, 0.1) is 5.92 Å². The molecule has 104 valence electrons. The summed E-state index contributed by atoms with van der Waals surface area (Å²) in [5.74, 6) is 1.32. The highest BCUT2D eigenvalue weighted by atomic mass is 35.5. The van der Waals surface area contributed by atoms with Crippen LogP contribution in [0.4, 0.5) is 0 Å². The molecule has 0 spiro atoms. The zero-order chi connectivity index (χ0) is 13.9. The first kappa shape index (κ1) is 13.1. The Morgan fingerprint density at radius 2 is 2.20 bits per heavy atom. The quantitative estimate of drug-likeness (QED) is 0.884. The minimum atomic E-state index is 0.0888. The molecule has 2 N–H and O–H groups in total. The van der Waals surface area contributed by atoms with Crippen molar-refractivity contribution >= 4 is 17.5 Å². The number of amides is 1. The van der Waals surface area contributed by atoms with Crippen molar-refractivity contribution in [2.24, 2.45) is 5.92 Å². The summed E-state index contributed by atoms with van der Waals surface area (Å²) in [6.07, 6.45) is 3.05. The molecule has 1 aromatic carbocycles. The van der Waals surface area contributed by atoms with E-state index in [4.69, 9.17) is 11.6 Å². The Hall–Kier alpha value is -1.88. The van der Waals surface area contributed by atoms with Crippen molar-refractivity contribution in [2.45, 2.75) is 18.8 Å². The largest absolute Gasteiger partial charge is 0.355 e. The van der Waals surface area contributed by atoms with Crippen molar-refractivity contribution in [1.82, 2.24) is 20.5 Å². The molecule has 0 aliphatic heterocycles. The van der Waals surface area contributed by atoms with Crippen LogP contribution in [0.5, 0.6) is 0 Å². The average Bonchev–Trinajstić information content (AvgIpc) is 3.08. The fourth-order valence-electron chi connectivity index (χ4n) is 2.35. The van der Waals surface area contributed by atoms with Gasteiger partial charge in [0.1, 0.15) is 12.2 Å². The van der Waals surface area contributed by atoms with Gasteiger partial charge in [0.15, 0.2) is 0 Å². The Morgan fingerprint density at radius 1 is 1.40 bits per heavy atom. The van der Waals surface area contributed by atoms with Crippen LogP contribution in [0.25, 0.3) is 0 Å². The lowest BCUT2D eigenvalue weighted by Gasteiger charge is -2.04. The van der Waals surface area contributed by atoms with Gasteiger partial charge in [-0.15, -0.1) is 0 Å². The standard InChI is InChI=1S/C14H15ClN4O/c15-10-3-1-9(2-4-10)11-7-12(11)14(20)16-6-5-13-17-8-18-19-13/h1-4,8,11-12H,5-7H2,(H,16,20)(H,17,18,19)/t11-,12+/m0/s1. The van der Waals surface area contributed by atoms with Gasteiger partial charge in [-0.2, -0.15) is 5.10 Å². The molecule has 0 unspecified atom stereocenters. The monoisotopic (exact) mass is 290 g/mol. The first-order valence-corrected chi connectivity index (χ1v) is 6.99. The van der Waals surface area contributed by atoms with E-state index in [2.05, 4.69) is 20.5 Å². The van der Waals surface area contributed by atoms with Gasteiger partial charge in [0.2, 0.25) is 5.91 Å². The number of carbonyl (C=O) groups is 1. The van der Waals surface area contributed by atoms with E-state index in [9.17, 15) is 4.79 Å². The zero-order valence-electron chi connectivity index (χ0n) is 10.8. The number of rotatable bonds is 5. The Kier molecular flexibility index (Phi) is 3.69. The lowest BCUT2D eigenvalue weighted by molar-refractivity contribution is -0.122. The molecule has 2 atom stereocenters. The Morgan fingerprint density at radius 3 is 2.90 bits per heavy atom. The zero-order valence-corrected chi connectivity index (χ0v) is 11.6. The van der Waals surface area contributed by atoms with E-state index in [1.165, 1.54) is 11.9 Å².